The molecular formula is C16H22FNO2S. The van der Waals surface area contributed by atoms with E-state index in [1.54, 1.807) is 32.5 Å². The van der Waals surface area contributed by atoms with Gasteiger partial charge in [-0.05, 0) is 56.7 Å². The molecule has 0 unspecified atom stereocenters. The molecule has 0 aromatic heterocycles. The Bertz CT molecular complexity index is 509. The van der Waals surface area contributed by atoms with Gasteiger partial charge < -0.3 is 10.1 Å². The lowest BCUT2D eigenvalue weighted by Crippen LogP contribution is -2.33. The zero-order valence-corrected chi connectivity index (χ0v) is 13.7. The first-order chi connectivity index (χ1) is 9.84. The summed E-state index contributed by atoms with van der Waals surface area (Å²) < 4.78 is 18.1. The number of halogens is 1. The van der Waals surface area contributed by atoms with Crippen molar-refractivity contribution in [3.05, 3.63) is 41.7 Å². The minimum Gasteiger partial charge on any atom is -0.444 e. The Balaban J connectivity index is 2.54. The van der Waals surface area contributed by atoms with Crippen LogP contribution in [0.25, 0.3) is 0 Å². The first kappa shape index (κ1) is 17.6. The highest BCUT2D eigenvalue weighted by Gasteiger charge is 2.16. The molecule has 0 saturated heterocycles. The standard InChI is InChI=1S/C16H22FNO2S/c1-16(2,3)20-15(19)18-11-13(10-17)8-12-6-5-7-14(9-12)21-4/h5-7,9-10H,8,11H2,1-4H3,(H,18,19)/b13-10-. The molecule has 5 heteroatoms. The summed E-state index contributed by atoms with van der Waals surface area (Å²) >= 11 is 1.64. The van der Waals surface area contributed by atoms with Gasteiger partial charge >= 0.3 is 6.09 Å². The van der Waals surface area contributed by atoms with E-state index in [2.05, 4.69) is 5.32 Å². The molecule has 0 radical (unpaired) electrons. The second-order valence-electron chi connectivity index (χ2n) is 5.65. The summed E-state index contributed by atoms with van der Waals surface area (Å²) in [5.41, 5.74) is 0.951. The van der Waals surface area contributed by atoms with Crippen molar-refractivity contribution < 1.29 is 13.9 Å². The van der Waals surface area contributed by atoms with Gasteiger partial charge in [0.2, 0.25) is 0 Å². The van der Waals surface area contributed by atoms with E-state index in [0.29, 0.717) is 18.3 Å². The number of carbonyl (C=O) groups excluding carboxylic acids is 1. The molecule has 0 saturated carbocycles. The number of ether oxygens (including phenoxy) is 1. The maximum absolute atomic E-state index is 13.0. The minimum atomic E-state index is -0.559. The number of carbonyl (C=O) groups is 1. The summed E-state index contributed by atoms with van der Waals surface area (Å²) in [6.07, 6.45) is 2.46. The van der Waals surface area contributed by atoms with Crippen LogP contribution in [0.1, 0.15) is 26.3 Å². The van der Waals surface area contributed by atoms with Crippen LogP contribution in [0.5, 0.6) is 0 Å². The first-order valence-corrected chi connectivity index (χ1v) is 7.94. The monoisotopic (exact) mass is 311 g/mol. The fourth-order valence-corrected chi connectivity index (χ4v) is 2.17. The van der Waals surface area contributed by atoms with Crippen molar-refractivity contribution in [1.82, 2.24) is 5.32 Å². The maximum Gasteiger partial charge on any atom is 0.407 e. The predicted molar refractivity (Wildman–Crippen MR) is 85.4 cm³/mol. The second kappa shape index (κ2) is 8.08. The molecule has 0 heterocycles. The summed E-state index contributed by atoms with van der Waals surface area (Å²) in [7, 11) is 0. The van der Waals surface area contributed by atoms with Gasteiger partial charge in [-0.3, -0.25) is 0 Å². The van der Waals surface area contributed by atoms with Gasteiger partial charge in [-0.1, -0.05) is 12.1 Å². The Kier molecular flexibility index (Phi) is 6.75. The summed E-state index contributed by atoms with van der Waals surface area (Å²) in [4.78, 5) is 12.7. The largest absolute Gasteiger partial charge is 0.444 e. The fourth-order valence-electron chi connectivity index (χ4n) is 1.68. The number of amides is 1. The van der Waals surface area contributed by atoms with Crippen LogP contribution in [0.4, 0.5) is 9.18 Å². The van der Waals surface area contributed by atoms with Crippen LogP contribution < -0.4 is 5.32 Å². The molecule has 0 atom stereocenters. The SMILES string of the molecule is CSc1cccc(C/C(=C/F)CNC(=O)OC(C)(C)C)c1. The van der Waals surface area contributed by atoms with Crippen molar-refractivity contribution in [1.29, 1.82) is 0 Å². The molecule has 0 aliphatic heterocycles. The first-order valence-electron chi connectivity index (χ1n) is 6.72. The van der Waals surface area contributed by atoms with Gasteiger partial charge in [0, 0.05) is 11.4 Å². The van der Waals surface area contributed by atoms with Gasteiger partial charge in [0.15, 0.2) is 0 Å². The highest BCUT2D eigenvalue weighted by molar-refractivity contribution is 7.98. The average Bonchev–Trinajstić information content (AvgIpc) is 2.41. The van der Waals surface area contributed by atoms with Gasteiger partial charge in [-0.25, -0.2) is 9.18 Å². The molecule has 1 N–H and O–H groups in total. The molecule has 1 rings (SSSR count). The summed E-state index contributed by atoms with van der Waals surface area (Å²) in [5.74, 6) is 0. The van der Waals surface area contributed by atoms with Crippen molar-refractivity contribution in [2.24, 2.45) is 0 Å². The lowest BCUT2D eigenvalue weighted by atomic mass is 10.1. The van der Waals surface area contributed by atoms with Crippen LogP contribution in [0, 0.1) is 0 Å². The van der Waals surface area contributed by atoms with Crippen LogP contribution in [0.3, 0.4) is 0 Å². The van der Waals surface area contributed by atoms with Gasteiger partial charge in [-0.15, -0.1) is 11.8 Å². The van der Waals surface area contributed by atoms with E-state index in [0.717, 1.165) is 10.5 Å². The van der Waals surface area contributed by atoms with Crippen molar-refractivity contribution in [2.75, 3.05) is 12.8 Å². The van der Waals surface area contributed by atoms with Gasteiger partial charge in [-0.2, -0.15) is 0 Å². The van der Waals surface area contributed by atoms with E-state index in [1.807, 2.05) is 30.5 Å². The summed E-state index contributed by atoms with van der Waals surface area (Å²) in [5, 5.41) is 2.56. The molecule has 1 aromatic carbocycles. The quantitative estimate of drug-likeness (QED) is 0.823. The Morgan fingerprint density at radius 2 is 2.14 bits per heavy atom. The van der Waals surface area contributed by atoms with Crippen molar-refractivity contribution in [3.8, 4) is 0 Å². The Morgan fingerprint density at radius 1 is 1.43 bits per heavy atom. The number of alkyl carbamates (subject to hydrolysis) is 1. The Morgan fingerprint density at radius 3 is 2.71 bits per heavy atom. The van der Waals surface area contributed by atoms with Crippen LogP contribution in [0.2, 0.25) is 0 Å². The Hall–Kier alpha value is -1.49. The molecule has 1 amide bonds. The highest BCUT2D eigenvalue weighted by Crippen LogP contribution is 2.18. The number of benzene rings is 1. The van der Waals surface area contributed by atoms with E-state index in [-0.39, 0.29) is 6.54 Å². The smallest absolute Gasteiger partial charge is 0.407 e. The zero-order chi connectivity index (χ0) is 15.9. The maximum atomic E-state index is 13.0. The number of thioether (sulfide) groups is 1. The third kappa shape index (κ3) is 7.18. The lowest BCUT2D eigenvalue weighted by molar-refractivity contribution is 0.0532. The molecule has 21 heavy (non-hydrogen) atoms. The van der Waals surface area contributed by atoms with Crippen LogP contribution in [-0.4, -0.2) is 24.5 Å². The van der Waals surface area contributed by atoms with E-state index < -0.39 is 11.7 Å². The van der Waals surface area contributed by atoms with E-state index >= 15 is 0 Å². The summed E-state index contributed by atoms with van der Waals surface area (Å²) in [6, 6.07) is 7.91. The van der Waals surface area contributed by atoms with Crippen molar-refractivity contribution >= 4 is 17.9 Å². The summed E-state index contributed by atoms with van der Waals surface area (Å²) in [6.45, 7) is 5.49. The van der Waals surface area contributed by atoms with Crippen LogP contribution >= 0.6 is 11.8 Å². The van der Waals surface area contributed by atoms with Crippen LogP contribution in [0.15, 0.2) is 41.1 Å². The molecular weight excluding hydrogens is 289 g/mol. The second-order valence-corrected chi connectivity index (χ2v) is 6.53. The molecule has 0 bridgehead atoms. The van der Waals surface area contributed by atoms with Crippen molar-refractivity contribution in [2.45, 2.75) is 37.7 Å². The number of nitrogens with one attached hydrogen (secondary N) is 1. The molecule has 0 aliphatic carbocycles. The topological polar surface area (TPSA) is 38.3 Å². The van der Waals surface area contributed by atoms with Gasteiger partial charge in [0.05, 0.1) is 6.33 Å². The zero-order valence-electron chi connectivity index (χ0n) is 12.9. The number of rotatable bonds is 5. The average molecular weight is 311 g/mol. The van der Waals surface area contributed by atoms with E-state index in [4.69, 9.17) is 4.74 Å². The molecule has 3 nitrogen and oxygen atoms in total. The molecule has 0 spiro atoms. The normalized spacial score (nSPS) is 12.1. The minimum absolute atomic E-state index is 0.134. The van der Waals surface area contributed by atoms with Gasteiger partial charge in [0.25, 0.3) is 0 Å². The third-order valence-corrected chi connectivity index (χ3v) is 3.30. The van der Waals surface area contributed by atoms with E-state index in [1.165, 1.54) is 0 Å². The van der Waals surface area contributed by atoms with Gasteiger partial charge in [0.1, 0.15) is 5.60 Å². The molecule has 1 aromatic rings. The molecule has 0 aliphatic rings. The highest BCUT2D eigenvalue weighted by atomic mass is 32.2. The van der Waals surface area contributed by atoms with Crippen molar-refractivity contribution in [3.63, 3.8) is 0 Å². The third-order valence-electron chi connectivity index (χ3n) is 2.58. The molecule has 116 valence electrons. The van der Waals surface area contributed by atoms with Crippen LogP contribution in [-0.2, 0) is 11.2 Å². The predicted octanol–water partition coefficient (Wildman–Crippen LogP) is 4.33. The fraction of sp³-hybridized carbons (Fsp3) is 0.438. The number of hydrogen-bond acceptors (Lipinski definition) is 3. The lowest BCUT2D eigenvalue weighted by Gasteiger charge is -2.20. The molecule has 0 fully saturated rings. The Labute approximate surface area is 130 Å². The van der Waals surface area contributed by atoms with E-state index in [9.17, 15) is 9.18 Å². The number of hydrogen-bond donors (Lipinski definition) is 1.